The Hall–Kier alpha value is -2.56. The lowest BCUT2D eigenvalue weighted by Crippen LogP contribution is -2.34. The number of H-pyrrole nitrogens is 1. The summed E-state index contributed by atoms with van der Waals surface area (Å²) in [6.45, 7) is 6.10. The van der Waals surface area contributed by atoms with Gasteiger partial charge in [0, 0.05) is 41.4 Å². The molecule has 0 aliphatic heterocycles. The quantitative estimate of drug-likeness (QED) is 0.778. The summed E-state index contributed by atoms with van der Waals surface area (Å²) < 4.78 is 1.89. The predicted octanol–water partition coefficient (Wildman–Crippen LogP) is 2.88. The second-order valence-electron chi connectivity index (χ2n) is 6.13. The first kappa shape index (κ1) is 15.3. The summed E-state index contributed by atoms with van der Waals surface area (Å²) in [6.07, 6.45) is 2.66. The maximum atomic E-state index is 12.4. The zero-order chi connectivity index (χ0) is 16.6. The van der Waals surface area contributed by atoms with E-state index < -0.39 is 0 Å². The lowest BCUT2D eigenvalue weighted by molar-refractivity contribution is 0.0940. The number of hydrogen-bond acceptors (Lipinski definition) is 2. The van der Waals surface area contributed by atoms with E-state index in [0.717, 1.165) is 28.7 Å². The number of aromatic nitrogens is 3. The van der Waals surface area contributed by atoms with Crippen LogP contribution in [0, 0.1) is 13.8 Å². The highest BCUT2D eigenvalue weighted by Gasteiger charge is 2.15. The van der Waals surface area contributed by atoms with E-state index in [2.05, 4.69) is 22.3 Å². The standard InChI is InChI=1S/C18H22N4O/c1-11(9-16-12(2)21-22(4)13(16)3)20-18(23)15-5-6-17-14(10-15)7-8-19-17/h5-8,10-11,19H,9H2,1-4H3,(H,20,23)/t11-/m1/s1. The van der Waals surface area contributed by atoms with Crippen molar-refractivity contribution in [1.29, 1.82) is 0 Å². The number of nitrogens with zero attached hydrogens (tertiary/aromatic N) is 2. The van der Waals surface area contributed by atoms with Crippen molar-refractivity contribution in [3.05, 3.63) is 53.0 Å². The molecule has 5 nitrogen and oxygen atoms in total. The Labute approximate surface area is 135 Å². The third-order valence-corrected chi connectivity index (χ3v) is 4.36. The largest absolute Gasteiger partial charge is 0.361 e. The first-order chi connectivity index (χ1) is 11.0. The smallest absolute Gasteiger partial charge is 0.251 e. The molecule has 5 heteroatoms. The van der Waals surface area contributed by atoms with Crippen LogP contribution in [0.15, 0.2) is 30.5 Å². The van der Waals surface area contributed by atoms with Crippen LogP contribution in [0.2, 0.25) is 0 Å². The average molecular weight is 310 g/mol. The molecule has 3 aromatic rings. The number of carbonyl (C=O) groups excluding carboxylic acids is 1. The number of benzene rings is 1. The summed E-state index contributed by atoms with van der Waals surface area (Å²) in [5.41, 5.74) is 5.11. The van der Waals surface area contributed by atoms with Gasteiger partial charge in [-0.25, -0.2) is 0 Å². The lowest BCUT2D eigenvalue weighted by atomic mass is 10.0. The fourth-order valence-corrected chi connectivity index (χ4v) is 2.97. The molecule has 3 rings (SSSR count). The number of hydrogen-bond donors (Lipinski definition) is 2. The molecule has 0 radical (unpaired) electrons. The van der Waals surface area contributed by atoms with Crippen LogP contribution in [-0.4, -0.2) is 26.7 Å². The van der Waals surface area contributed by atoms with Gasteiger partial charge in [-0.05, 0) is 57.0 Å². The number of aromatic amines is 1. The Bertz CT molecular complexity index is 859. The van der Waals surface area contributed by atoms with Crippen LogP contribution in [0.3, 0.4) is 0 Å². The van der Waals surface area contributed by atoms with Crippen LogP contribution < -0.4 is 5.32 Å². The number of rotatable bonds is 4. The molecule has 2 heterocycles. The van der Waals surface area contributed by atoms with Crippen molar-refractivity contribution in [1.82, 2.24) is 20.1 Å². The highest BCUT2D eigenvalue weighted by atomic mass is 16.1. The van der Waals surface area contributed by atoms with Gasteiger partial charge in [0.2, 0.25) is 0 Å². The second-order valence-corrected chi connectivity index (χ2v) is 6.13. The molecule has 1 atom stereocenters. The van der Waals surface area contributed by atoms with Crippen LogP contribution in [0.25, 0.3) is 10.9 Å². The molecule has 0 bridgehead atoms. The van der Waals surface area contributed by atoms with Gasteiger partial charge in [-0.2, -0.15) is 5.10 Å². The molecule has 120 valence electrons. The normalized spacial score (nSPS) is 12.5. The third kappa shape index (κ3) is 2.99. The van der Waals surface area contributed by atoms with E-state index in [1.807, 2.05) is 56.0 Å². The van der Waals surface area contributed by atoms with Gasteiger partial charge in [0.15, 0.2) is 0 Å². The van der Waals surface area contributed by atoms with Gasteiger partial charge < -0.3 is 10.3 Å². The molecule has 0 spiro atoms. The van der Waals surface area contributed by atoms with Crippen molar-refractivity contribution in [2.45, 2.75) is 33.2 Å². The Morgan fingerprint density at radius 3 is 2.83 bits per heavy atom. The van der Waals surface area contributed by atoms with Crippen LogP contribution in [-0.2, 0) is 13.5 Å². The molecule has 0 saturated carbocycles. The zero-order valence-corrected chi connectivity index (χ0v) is 14.0. The van der Waals surface area contributed by atoms with Gasteiger partial charge in [0.25, 0.3) is 5.91 Å². The summed E-state index contributed by atoms with van der Waals surface area (Å²) in [7, 11) is 1.95. The van der Waals surface area contributed by atoms with Crippen LogP contribution in [0.5, 0.6) is 0 Å². The first-order valence-electron chi connectivity index (χ1n) is 7.83. The molecule has 0 aliphatic carbocycles. The maximum absolute atomic E-state index is 12.4. The van der Waals surface area contributed by atoms with Crippen LogP contribution in [0.4, 0.5) is 0 Å². The highest BCUT2D eigenvalue weighted by Crippen LogP contribution is 2.16. The lowest BCUT2D eigenvalue weighted by Gasteiger charge is -2.14. The van der Waals surface area contributed by atoms with Gasteiger partial charge in [-0.15, -0.1) is 0 Å². The SMILES string of the molecule is Cc1nn(C)c(C)c1C[C@@H](C)NC(=O)c1ccc2[nH]ccc2c1. The molecule has 1 amide bonds. The molecular weight excluding hydrogens is 288 g/mol. The van der Waals surface area contributed by atoms with Crippen molar-refractivity contribution < 1.29 is 4.79 Å². The van der Waals surface area contributed by atoms with E-state index in [1.54, 1.807) is 0 Å². The fraction of sp³-hybridized carbons (Fsp3) is 0.333. The molecule has 0 unspecified atom stereocenters. The minimum absolute atomic E-state index is 0.0419. The predicted molar refractivity (Wildman–Crippen MR) is 91.6 cm³/mol. The number of nitrogens with one attached hydrogen (secondary N) is 2. The minimum Gasteiger partial charge on any atom is -0.361 e. The van der Waals surface area contributed by atoms with Gasteiger partial charge in [0.05, 0.1) is 5.69 Å². The summed E-state index contributed by atoms with van der Waals surface area (Å²) in [6, 6.07) is 7.71. The molecule has 2 aromatic heterocycles. The molecule has 0 fully saturated rings. The van der Waals surface area contributed by atoms with Crippen LogP contribution in [0.1, 0.15) is 34.2 Å². The van der Waals surface area contributed by atoms with E-state index in [0.29, 0.717) is 5.56 Å². The Kier molecular flexibility index (Phi) is 3.94. The molecule has 1 aromatic carbocycles. The molecule has 0 saturated heterocycles. The maximum Gasteiger partial charge on any atom is 0.251 e. The summed E-state index contributed by atoms with van der Waals surface area (Å²) in [5, 5.41) is 8.55. The summed E-state index contributed by atoms with van der Waals surface area (Å²) in [4.78, 5) is 15.6. The van der Waals surface area contributed by atoms with Crippen molar-refractivity contribution in [2.75, 3.05) is 0 Å². The monoisotopic (exact) mass is 310 g/mol. The molecular formula is C18H22N4O. The Morgan fingerprint density at radius 1 is 1.35 bits per heavy atom. The van der Waals surface area contributed by atoms with Crippen molar-refractivity contribution in [3.8, 4) is 0 Å². The van der Waals surface area contributed by atoms with E-state index in [9.17, 15) is 4.79 Å². The number of amides is 1. The van der Waals surface area contributed by atoms with Crippen molar-refractivity contribution in [2.24, 2.45) is 7.05 Å². The minimum atomic E-state index is -0.0419. The topological polar surface area (TPSA) is 62.7 Å². The first-order valence-corrected chi connectivity index (χ1v) is 7.83. The summed E-state index contributed by atoms with van der Waals surface area (Å²) in [5.74, 6) is -0.0419. The van der Waals surface area contributed by atoms with Crippen molar-refractivity contribution in [3.63, 3.8) is 0 Å². The van der Waals surface area contributed by atoms with E-state index >= 15 is 0 Å². The number of fused-ring (bicyclic) bond motifs is 1. The number of carbonyl (C=O) groups is 1. The molecule has 23 heavy (non-hydrogen) atoms. The average Bonchev–Trinajstić information content (AvgIpc) is 3.06. The van der Waals surface area contributed by atoms with E-state index in [4.69, 9.17) is 0 Å². The fourth-order valence-electron chi connectivity index (χ4n) is 2.97. The molecule has 0 aliphatic rings. The highest BCUT2D eigenvalue weighted by molar-refractivity contribution is 5.98. The Balaban J connectivity index is 1.71. The van der Waals surface area contributed by atoms with Gasteiger partial charge in [-0.3, -0.25) is 9.48 Å². The Morgan fingerprint density at radius 2 is 2.13 bits per heavy atom. The summed E-state index contributed by atoms with van der Waals surface area (Å²) >= 11 is 0. The van der Waals surface area contributed by atoms with E-state index in [1.165, 1.54) is 5.56 Å². The van der Waals surface area contributed by atoms with Gasteiger partial charge in [-0.1, -0.05) is 0 Å². The van der Waals surface area contributed by atoms with Crippen LogP contribution >= 0.6 is 0 Å². The zero-order valence-electron chi connectivity index (χ0n) is 14.0. The van der Waals surface area contributed by atoms with E-state index in [-0.39, 0.29) is 11.9 Å². The van der Waals surface area contributed by atoms with Gasteiger partial charge >= 0.3 is 0 Å². The van der Waals surface area contributed by atoms with Crippen molar-refractivity contribution >= 4 is 16.8 Å². The third-order valence-electron chi connectivity index (χ3n) is 4.36. The second kappa shape index (κ2) is 5.91. The number of aryl methyl sites for hydroxylation is 2. The van der Waals surface area contributed by atoms with Gasteiger partial charge in [0.1, 0.15) is 0 Å². The molecule has 2 N–H and O–H groups in total.